The summed E-state index contributed by atoms with van der Waals surface area (Å²) in [6.45, 7) is 5.45. The Morgan fingerprint density at radius 1 is 0.676 bits per heavy atom. The summed E-state index contributed by atoms with van der Waals surface area (Å²) in [6, 6.07) is 4.07. The smallest absolute Gasteiger partial charge is 0.260 e. The third-order valence-corrected chi connectivity index (χ3v) is 8.33. The predicted octanol–water partition coefficient (Wildman–Crippen LogP) is 6.79. The van der Waals surface area contributed by atoms with Gasteiger partial charge in [-0.15, -0.1) is 0 Å². The summed E-state index contributed by atoms with van der Waals surface area (Å²) < 4.78 is 1.74. The van der Waals surface area contributed by atoms with Crippen molar-refractivity contribution in [3.05, 3.63) is 44.6 Å². The van der Waals surface area contributed by atoms with E-state index in [0.29, 0.717) is 24.2 Å². The summed E-state index contributed by atoms with van der Waals surface area (Å²) in [4.78, 5) is 39.9. The van der Waals surface area contributed by atoms with Gasteiger partial charge in [0.1, 0.15) is 0 Å². The van der Waals surface area contributed by atoms with E-state index in [4.69, 9.17) is 9.97 Å². The van der Waals surface area contributed by atoms with Gasteiger partial charge in [0.2, 0.25) is 0 Å². The lowest BCUT2D eigenvalue weighted by molar-refractivity contribution is 0.0985. The van der Waals surface area contributed by atoms with E-state index in [1.807, 2.05) is 21.9 Å². The van der Waals surface area contributed by atoms with Gasteiger partial charge in [0, 0.05) is 66.7 Å². The monoisotopic (exact) mass is 576 g/mol. The van der Waals surface area contributed by atoms with Crippen LogP contribution < -0.4 is 9.80 Å². The normalized spacial score (nSPS) is 14.9. The Hall–Kier alpha value is -2.84. The fourth-order valence-electron chi connectivity index (χ4n) is 5.80. The third kappa shape index (κ3) is 2.26. The minimum absolute atomic E-state index is 0.00710. The first kappa shape index (κ1) is 20.5. The van der Waals surface area contributed by atoms with Crippen LogP contribution in [0.1, 0.15) is 47.4 Å². The zero-order valence-electron chi connectivity index (χ0n) is 18.5. The number of aromatic nitrogens is 2. The topological polar surface area (TPSA) is 66.4 Å². The van der Waals surface area contributed by atoms with Gasteiger partial charge in [0.05, 0.1) is 33.5 Å². The van der Waals surface area contributed by atoms with E-state index in [9.17, 15) is 9.59 Å². The molecule has 2 amide bonds. The predicted molar refractivity (Wildman–Crippen MR) is 143 cm³/mol. The van der Waals surface area contributed by atoms with Crippen LogP contribution in [0.2, 0.25) is 0 Å². The highest BCUT2D eigenvalue weighted by Gasteiger charge is 2.36. The molecule has 168 valence electrons. The summed E-state index contributed by atoms with van der Waals surface area (Å²) in [6.07, 6.45) is 5.15. The molecule has 34 heavy (non-hydrogen) atoms. The lowest BCUT2D eigenvalue weighted by atomic mass is 9.92. The second-order valence-corrected chi connectivity index (χ2v) is 10.7. The van der Waals surface area contributed by atoms with Gasteiger partial charge in [-0.1, -0.05) is 13.8 Å². The zero-order chi connectivity index (χ0) is 23.5. The van der Waals surface area contributed by atoms with Gasteiger partial charge in [0.15, 0.2) is 0 Å². The molecular formula is C26H18Br2N4O2. The molecule has 0 radical (unpaired) electrons. The van der Waals surface area contributed by atoms with Crippen molar-refractivity contribution in [2.45, 2.75) is 26.7 Å². The van der Waals surface area contributed by atoms with Crippen LogP contribution in [0.15, 0.2) is 33.5 Å². The van der Waals surface area contributed by atoms with Crippen molar-refractivity contribution in [1.29, 1.82) is 0 Å². The molecule has 0 N–H and O–H groups in total. The second kappa shape index (κ2) is 6.86. The first-order valence-corrected chi connectivity index (χ1v) is 13.0. The SMILES string of the molecule is CCCN1C(=O)c2cnc3c4c(Br)cc5c6c(cnc(c7c(Br)cc1c2c37)c64)C(=O)N5CCC. The van der Waals surface area contributed by atoms with Crippen LogP contribution in [0.25, 0.3) is 43.4 Å². The minimum atomic E-state index is -0.00710. The molecular weight excluding hydrogens is 560 g/mol. The number of hydrogen-bond acceptors (Lipinski definition) is 4. The molecule has 0 spiro atoms. The Balaban J connectivity index is 1.73. The summed E-state index contributed by atoms with van der Waals surface area (Å²) in [5, 5.41) is 5.60. The van der Waals surface area contributed by atoms with Crippen LogP contribution in [0, 0.1) is 0 Å². The van der Waals surface area contributed by atoms with Crippen molar-refractivity contribution in [2.75, 3.05) is 22.9 Å². The summed E-state index contributed by atoms with van der Waals surface area (Å²) in [5.74, 6) is -0.0142. The standard InChI is InChI=1S/C26H18Br2N4O2/c1-3-5-31-15-7-13(27)19-21-17(15)11(25(31)33)9-29-23(21)20-14(28)8-16-18-12(10-30-24(19)22(18)20)26(34)32(16)6-4-2/h7-10H,3-6H2,1-2H3. The average molecular weight is 578 g/mol. The summed E-state index contributed by atoms with van der Waals surface area (Å²) in [5.41, 5.74) is 4.72. The molecule has 2 aliphatic heterocycles. The number of rotatable bonds is 4. The molecule has 0 saturated carbocycles. The van der Waals surface area contributed by atoms with Crippen LogP contribution in [-0.4, -0.2) is 34.9 Å². The largest absolute Gasteiger partial charge is 0.308 e. The molecule has 3 aromatic carbocycles. The van der Waals surface area contributed by atoms with Crippen LogP contribution in [0.3, 0.4) is 0 Å². The van der Waals surface area contributed by atoms with E-state index in [1.54, 1.807) is 12.4 Å². The Morgan fingerprint density at radius 3 is 1.47 bits per heavy atom. The molecule has 0 fully saturated rings. The van der Waals surface area contributed by atoms with E-state index < -0.39 is 0 Å². The number of hydrogen-bond donors (Lipinski definition) is 0. The first-order valence-electron chi connectivity index (χ1n) is 11.4. The van der Waals surface area contributed by atoms with Crippen LogP contribution in [0.5, 0.6) is 0 Å². The van der Waals surface area contributed by atoms with E-state index in [0.717, 1.165) is 76.5 Å². The first-order chi connectivity index (χ1) is 16.5. The molecule has 5 aromatic rings. The van der Waals surface area contributed by atoms with Crippen LogP contribution >= 0.6 is 31.9 Å². The maximum Gasteiger partial charge on any atom is 0.260 e. The maximum atomic E-state index is 13.2. The van der Waals surface area contributed by atoms with Crippen LogP contribution in [-0.2, 0) is 0 Å². The number of pyridine rings is 2. The highest BCUT2D eigenvalue weighted by molar-refractivity contribution is 9.11. The lowest BCUT2D eigenvalue weighted by Crippen LogP contribution is -2.27. The molecule has 0 atom stereocenters. The summed E-state index contributed by atoms with van der Waals surface area (Å²) >= 11 is 7.60. The van der Waals surface area contributed by atoms with Crippen molar-refractivity contribution in [3.63, 3.8) is 0 Å². The van der Waals surface area contributed by atoms with Gasteiger partial charge in [-0.05, 0) is 56.8 Å². The van der Waals surface area contributed by atoms with Gasteiger partial charge >= 0.3 is 0 Å². The number of halogens is 2. The number of carbonyl (C=O) groups is 2. The van der Waals surface area contributed by atoms with Gasteiger partial charge in [-0.3, -0.25) is 19.6 Å². The van der Waals surface area contributed by atoms with E-state index in [1.165, 1.54) is 0 Å². The lowest BCUT2D eigenvalue weighted by Gasteiger charge is -2.20. The molecule has 0 bridgehead atoms. The summed E-state index contributed by atoms with van der Waals surface area (Å²) in [7, 11) is 0. The zero-order valence-corrected chi connectivity index (χ0v) is 21.7. The Kier molecular flexibility index (Phi) is 4.14. The molecule has 0 aliphatic carbocycles. The van der Waals surface area contributed by atoms with Gasteiger partial charge < -0.3 is 9.80 Å². The number of benzene rings is 3. The molecule has 2 aromatic heterocycles. The highest BCUT2D eigenvalue weighted by Crippen LogP contribution is 2.52. The Morgan fingerprint density at radius 2 is 1.09 bits per heavy atom. The molecule has 4 heterocycles. The number of nitrogens with zero attached hydrogens (tertiary/aromatic N) is 4. The van der Waals surface area contributed by atoms with Crippen molar-refractivity contribution >= 4 is 98.4 Å². The molecule has 0 unspecified atom stereocenters. The van der Waals surface area contributed by atoms with Crippen molar-refractivity contribution in [3.8, 4) is 0 Å². The number of carbonyl (C=O) groups excluding carboxylic acids is 2. The fraction of sp³-hybridized carbons (Fsp3) is 0.231. The molecule has 0 saturated heterocycles. The van der Waals surface area contributed by atoms with Gasteiger partial charge in [0.25, 0.3) is 11.8 Å². The molecule has 8 heteroatoms. The maximum absolute atomic E-state index is 13.2. The number of fused-ring (bicyclic) bond motifs is 2. The Bertz CT molecular complexity index is 1630. The molecule has 2 aliphatic rings. The second-order valence-electron chi connectivity index (χ2n) is 8.96. The number of amides is 2. The fourth-order valence-corrected chi connectivity index (χ4v) is 7.01. The van der Waals surface area contributed by atoms with Crippen molar-refractivity contribution in [2.24, 2.45) is 0 Å². The van der Waals surface area contributed by atoms with Gasteiger partial charge in [-0.2, -0.15) is 0 Å². The molecule has 7 rings (SSSR count). The quantitative estimate of drug-likeness (QED) is 0.174. The van der Waals surface area contributed by atoms with E-state index >= 15 is 0 Å². The highest BCUT2D eigenvalue weighted by atomic mass is 79.9. The van der Waals surface area contributed by atoms with Crippen molar-refractivity contribution < 1.29 is 9.59 Å². The minimum Gasteiger partial charge on any atom is -0.308 e. The average Bonchev–Trinajstić information content (AvgIpc) is 3.24. The Labute approximate surface area is 211 Å². The number of anilines is 2. The van der Waals surface area contributed by atoms with Crippen LogP contribution in [0.4, 0.5) is 11.4 Å². The van der Waals surface area contributed by atoms with Gasteiger partial charge in [-0.25, -0.2) is 0 Å². The van der Waals surface area contributed by atoms with E-state index in [2.05, 4.69) is 45.7 Å². The molecule has 6 nitrogen and oxygen atoms in total. The van der Waals surface area contributed by atoms with Crippen molar-refractivity contribution in [1.82, 2.24) is 9.97 Å². The van der Waals surface area contributed by atoms with E-state index in [-0.39, 0.29) is 11.8 Å². The third-order valence-electron chi connectivity index (χ3n) is 7.08.